The molecule has 0 saturated heterocycles. The summed E-state index contributed by atoms with van der Waals surface area (Å²) in [5.74, 6) is 0. The van der Waals surface area contributed by atoms with E-state index in [4.69, 9.17) is 0 Å². The highest BCUT2D eigenvalue weighted by atomic mass is 79.9. The average molecular weight is 317 g/mol. The molecule has 5 nitrogen and oxygen atoms in total. The van der Waals surface area contributed by atoms with Crippen LogP contribution in [0.2, 0.25) is 0 Å². The second-order valence-corrected chi connectivity index (χ2v) is 5.19. The largest absolute Gasteiger partial charge is 0.381 e. The molecule has 6 heteroatoms. The number of aromatic nitrogens is 2. The third-order valence-corrected chi connectivity index (χ3v) is 3.24. The summed E-state index contributed by atoms with van der Waals surface area (Å²) in [5.41, 5.74) is 0.645. The van der Waals surface area contributed by atoms with Gasteiger partial charge in [0.1, 0.15) is 4.47 Å². The lowest BCUT2D eigenvalue weighted by atomic mass is 10.4. The van der Waals surface area contributed by atoms with E-state index in [9.17, 15) is 4.79 Å². The Balaban J connectivity index is 2.63. The van der Waals surface area contributed by atoms with Gasteiger partial charge in [-0.25, -0.2) is 4.68 Å². The van der Waals surface area contributed by atoms with Gasteiger partial charge in [0.2, 0.25) is 0 Å². The van der Waals surface area contributed by atoms with Crippen molar-refractivity contribution in [3.8, 4) is 0 Å². The van der Waals surface area contributed by atoms with Crippen LogP contribution in [-0.4, -0.2) is 29.4 Å². The molecule has 0 unspecified atom stereocenters. The van der Waals surface area contributed by atoms with Crippen LogP contribution in [0.1, 0.15) is 33.2 Å². The molecule has 1 aromatic heterocycles. The van der Waals surface area contributed by atoms with Crippen LogP contribution in [0.25, 0.3) is 0 Å². The Morgan fingerprint density at radius 3 is 2.72 bits per heavy atom. The molecule has 2 N–H and O–H groups in total. The van der Waals surface area contributed by atoms with E-state index in [0.29, 0.717) is 4.47 Å². The number of anilines is 1. The molecule has 0 aromatic carbocycles. The lowest BCUT2D eigenvalue weighted by Gasteiger charge is -2.12. The number of hydrogen-bond donors (Lipinski definition) is 2. The Labute approximate surface area is 116 Å². The van der Waals surface area contributed by atoms with E-state index in [1.807, 2.05) is 13.8 Å². The van der Waals surface area contributed by atoms with Crippen molar-refractivity contribution < 1.29 is 0 Å². The smallest absolute Gasteiger partial charge is 0.283 e. The van der Waals surface area contributed by atoms with Gasteiger partial charge in [0, 0.05) is 13.1 Å². The van der Waals surface area contributed by atoms with Crippen molar-refractivity contribution in [2.45, 2.75) is 33.2 Å². The molecule has 0 bridgehead atoms. The van der Waals surface area contributed by atoms with Gasteiger partial charge in [-0.05, 0) is 42.7 Å². The first-order valence-electron chi connectivity index (χ1n) is 6.29. The molecular formula is C12H21BrN4O. The molecule has 18 heavy (non-hydrogen) atoms. The molecule has 102 valence electrons. The molecule has 0 amide bonds. The Morgan fingerprint density at radius 1 is 1.39 bits per heavy atom. The predicted molar refractivity (Wildman–Crippen MR) is 78.2 cm³/mol. The average Bonchev–Trinajstić information content (AvgIpc) is 2.33. The van der Waals surface area contributed by atoms with Crippen molar-refractivity contribution in [2.24, 2.45) is 0 Å². The number of nitrogens with one attached hydrogen (secondary N) is 2. The normalized spacial score (nSPS) is 10.9. The van der Waals surface area contributed by atoms with Crippen molar-refractivity contribution in [3.05, 3.63) is 21.0 Å². The Morgan fingerprint density at radius 2 is 2.11 bits per heavy atom. The van der Waals surface area contributed by atoms with E-state index in [1.165, 1.54) is 4.68 Å². The van der Waals surface area contributed by atoms with Gasteiger partial charge in [-0.2, -0.15) is 5.10 Å². The van der Waals surface area contributed by atoms with Crippen LogP contribution in [0.5, 0.6) is 0 Å². The van der Waals surface area contributed by atoms with E-state index >= 15 is 0 Å². The minimum atomic E-state index is -0.100. The molecular weight excluding hydrogens is 296 g/mol. The molecule has 0 radical (unpaired) electrons. The molecule has 0 spiro atoms. The van der Waals surface area contributed by atoms with Crippen LogP contribution in [0.3, 0.4) is 0 Å². The highest BCUT2D eigenvalue weighted by molar-refractivity contribution is 9.10. The molecule has 0 aliphatic carbocycles. The standard InChI is InChI=1S/C12H21BrN4O/c1-4-5-14-6-7-15-10-8-16-17(9(2)3)12(18)11(10)13/h8-9,14-15H,4-7H2,1-3H3. The first-order chi connectivity index (χ1) is 8.57. The number of nitrogens with zero attached hydrogens (tertiary/aromatic N) is 2. The van der Waals surface area contributed by atoms with Crippen molar-refractivity contribution in [1.29, 1.82) is 0 Å². The van der Waals surface area contributed by atoms with Crippen molar-refractivity contribution in [1.82, 2.24) is 15.1 Å². The molecule has 0 fully saturated rings. The monoisotopic (exact) mass is 316 g/mol. The zero-order valence-corrected chi connectivity index (χ0v) is 12.7. The van der Waals surface area contributed by atoms with Gasteiger partial charge >= 0.3 is 0 Å². The molecule has 0 aliphatic heterocycles. The summed E-state index contributed by atoms with van der Waals surface area (Å²) >= 11 is 3.33. The molecule has 0 aliphatic rings. The van der Waals surface area contributed by atoms with Gasteiger partial charge in [-0.15, -0.1) is 0 Å². The zero-order chi connectivity index (χ0) is 13.5. The van der Waals surface area contributed by atoms with Gasteiger partial charge in [-0.1, -0.05) is 6.92 Å². The summed E-state index contributed by atoms with van der Waals surface area (Å²) in [7, 11) is 0. The summed E-state index contributed by atoms with van der Waals surface area (Å²) in [6, 6.07) is 0.0640. The summed E-state index contributed by atoms with van der Waals surface area (Å²) in [4.78, 5) is 12.0. The topological polar surface area (TPSA) is 59.0 Å². The lowest BCUT2D eigenvalue weighted by molar-refractivity contribution is 0.501. The van der Waals surface area contributed by atoms with E-state index < -0.39 is 0 Å². The van der Waals surface area contributed by atoms with Crippen molar-refractivity contribution in [3.63, 3.8) is 0 Å². The minimum Gasteiger partial charge on any atom is -0.381 e. The second-order valence-electron chi connectivity index (χ2n) is 4.39. The van der Waals surface area contributed by atoms with Crippen LogP contribution in [-0.2, 0) is 0 Å². The molecule has 1 heterocycles. The van der Waals surface area contributed by atoms with Crippen LogP contribution in [0.4, 0.5) is 5.69 Å². The summed E-state index contributed by atoms with van der Waals surface area (Å²) in [5, 5.41) is 10.6. The SMILES string of the molecule is CCCNCCNc1cnn(C(C)C)c(=O)c1Br. The molecule has 1 aromatic rings. The maximum absolute atomic E-state index is 12.0. The van der Waals surface area contributed by atoms with E-state index in [1.54, 1.807) is 6.20 Å². The van der Waals surface area contributed by atoms with Gasteiger partial charge in [0.05, 0.1) is 17.9 Å². The predicted octanol–water partition coefficient (Wildman–Crippen LogP) is 2.00. The maximum atomic E-state index is 12.0. The number of halogens is 1. The van der Waals surface area contributed by atoms with E-state index in [-0.39, 0.29) is 11.6 Å². The fourth-order valence-electron chi connectivity index (χ4n) is 1.52. The quantitative estimate of drug-likeness (QED) is 0.755. The molecule has 0 saturated carbocycles. The van der Waals surface area contributed by atoms with Gasteiger partial charge in [0.25, 0.3) is 5.56 Å². The fourth-order valence-corrected chi connectivity index (χ4v) is 1.95. The Kier molecular flexibility index (Phi) is 6.35. The van der Waals surface area contributed by atoms with Crippen molar-refractivity contribution in [2.75, 3.05) is 25.0 Å². The number of rotatable bonds is 7. The third-order valence-electron chi connectivity index (χ3n) is 2.48. The van der Waals surface area contributed by atoms with Crippen LogP contribution < -0.4 is 16.2 Å². The zero-order valence-electron chi connectivity index (χ0n) is 11.2. The number of hydrogen-bond acceptors (Lipinski definition) is 4. The third kappa shape index (κ3) is 4.10. The maximum Gasteiger partial charge on any atom is 0.283 e. The summed E-state index contributed by atoms with van der Waals surface area (Å²) in [6.07, 6.45) is 2.81. The first kappa shape index (κ1) is 15.2. The van der Waals surface area contributed by atoms with Crippen LogP contribution in [0.15, 0.2) is 15.5 Å². The lowest BCUT2D eigenvalue weighted by Crippen LogP contribution is -2.27. The van der Waals surface area contributed by atoms with Crippen LogP contribution in [0, 0.1) is 0 Å². The molecule has 0 atom stereocenters. The minimum absolute atomic E-state index is 0.0640. The second kappa shape index (κ2) is 7.53. The van der Waals surface area contributed by atoms with Gasteiger partial charge in [0.15, 0.2) is 0 Å². The first-order valence-corrected chi connectivity index (χ1v) is 7.09. The van der Waals surface area contributed by atoms with E-state index in [0.717, 1.165) is 31.7 Å². The summed E-state index contributed by atoms with van der Waals surface area (Å²) in [6.45, 7) is 8.65. The van der Waals surface area contributed by atoms with E-state index in [2.05, 4.69) is 38.6 Å². The fraction of sp³-hybridized carbons (Fsp3) is 0.667. The Bertz CT molecular complexity index is 431. The van der Waals surface area contributed by atoms with Crippen LogP contribution >= 0.6 is 15.9 Å². The highest BCUT2D eigenvalue weighted by Gasteiger charge is 2.10. The van der Waals surface area contributed by atoms with Crippen molar-refractivity contribution >= 4 is 21.6 Å². The van der Waals surface area contributed by atoms with Gasteiger partial charge in [-0.3, -0.25) is 4.79 Å². The van der Waals surface area contributed by atoms with Gasteiger partial charge < -0.3 is 10.6 Å². The molecule has 1 rings (SSSR count). The summed E-state index contributed by atoms with van der Waals surface area (Å²) < 4.78 is 2.01. The highest BCUT2D eigenvalue weighted by Crippen LogP contribution is 2.16. The Hall–Kier alpha value is -0.880.